The molecule has 3 atom stereocenters. The monoisotopic (exact) mass is 273 g/mol. The third-order valence-corrected chi connectivity index (χ3v) is 4.54. The van der Waals surface area contributed by atoms with E-state index in [1.807, 2.05) is 6.92 Å². The normalized spacial score (nSPS) is 26.0. The maximum atomic E-state index is 5.95. The van der Waals surface area contributed by atoms with Crippen LogP contribution in [0, 0.1) is 12.8 Å². The Kier molecular flexibility index (Phi) is 2.84. The van der Waals surface area contributed by atoms with Gasteiger partial charge in [-0.2, -0.15) is 0 Å². The van der Waals surface area contributed by atoms with Crippen LogP contribution in [0.5, 0.6) is 0 Å². The number of aromatic nitrogens is 2. The molecule has 21 heavy (non-hydrogen) atoms. The summed E-state index contributed by atoms with van der Waals surface area (Å²) in [5.41, 5.74) is 3.61. The van der Waals surface area contributed by atoms with Gasteiger partial charge in [0.1, 0.15) is 13.7 Å². The molecule has 3 nitrogen and oxygen atoms in total. The Hall–Kier alpha value is -2.10. The molecular weight excluding hydrogens is 257 g/mol. The second-order valence-corrected chi connectivity index (χ2v) is 5.81. The number of rotatable bonds is 1. The van der Waals surface area contributed by atoms with Crippen molar-refractivity contribution in [1.82, 2.24) is 9.97 Å². The van der Waals surface area contributed by atoms with Crippen LogP contribution in [0.15, 0.2) is 42.5 Å². The lowest BCUT2D eigenvalue weighted by Crippen LogP contribution is -2.33. The average Bonchev–Trinajstić information content (AvgIpc) is 2.99. The van der Waals surface area contributed by atoms with Crippen molar-refractivity contribution < 1.29 is 0 Å². The van der Waals surface area contributed by atoms with Crippen molar-refractivity contribution in [2.45, 2.75) is 25.3 Å². The van der Waals surface area contributed by atoms with Gasteiger partial charge in [-0.3, -0.25) is 4.98 Å². The number of nitrogens with one attached hydrogen (secondary N) is 1. The van der Waals surface area contributed by atoms with Gasteiger partial charge in [0.2, 0.25) is 0 Å². The lowest BCUT2D eigenvalue weighted by atomic mass is 9.79. The van der Waals surface area contributed by atoms with Crippen molar-refractivity contribution in [1.29, 1.82) is 0 Å². The Labute approximate surface area is 125 Å². The molecule has 2 aliphatic rings. The maximum absolute atomic E-state index is 5.95. The van der Waals surface area contributed by atoms with Crippen molar-refractivity contribution in [2.75, 3.05) is 5.32 Å². The van der Waals surface area contributed by atoms with Crippen LogP contribution >= 0.6 is 0 Å². The van der Waals surface area contributed by atoms with Crippen molar-refractivity contribution in [3.05, 3.63) is 59.4 Å². The van der Waals surface area contributed by atoms with Crippen LogP contribution in [0.25, 0.3) is 0 Å². The molecule has 0 amide bonds. The molecule has 0 saturated heterocycles. The average molecular weight is 273 g/mol. The molecule has 2 aromatic rings. The molecule has 3 unspecified atom stereocenters. The second kappa shape index (κ2) is 4.73. The SMILES string of the molecule is [B]c1nc2c(nc1C)NC(c1ccccc1)C1CC=CC21. The van der Waals surface area contributed by atoms with E-state index in [1.54, 1.807) is 0 Å². The molecule has 2 radical (unpaired) electrons. The highest BCUT2D eigenvalue weighted by molar-refractivity contribution is 6.31. The molecule has 1 N–H and O–H groups in total. The van der Waals surface area contributed by atoms with Gasteiger partial charge in [-0.05, 0) is 24.8 Å². The van der Waals surface area contributed by atoms with E-state index >= 15 is 0 Å². The third-order valence-electron chi connectivity index (χ3n) is 4.54. The van der Waals surface area contributed by atoms with Crippen LogP contribution in [0.1, 0.15) is 35.3 Å². The zero-order chi connectivity index (χ0) is 14.4. The van der Waals surface area contributed by atoms with Crippen molar-refractivity contribution >= 4 is 19.3 Å². The number of hydrogen-bond donors (Lipinski definition) is 1. The zero-order valence-corrected chi connectivity index (χ0v) is 12.0. The van der Waals surface area contributed by atoms with Crippen LogP contribution in [0.2, 0.25) is 0 Å². The highest BCUT2D eigenvalue weighted by Crippen LogP contribution is 2.48. The Morgan fingerprint density at radius 2 is 2.00 bits per heavy atom. The van der Waals surface area contributed by atoms with E-state index in [0.717, 1.165) is 23.6 Å². The molecule has 0 bridgehead atoms. The highest BCUT2D eigenvalue weighted by Gasteiger charge is 2.39. The molecule has 1 aromatic carbocycles. The zero-order valence-electron chi connectivity index (χ0n) is 12.0. The fraction of sp³-hybridized carbons (Fsp3) is 0.294. The lowest BCUT2D eigenvalue weighted by molar-refractivity contribution is 0.416. The Balaban J connectivity index is 1.82. The van der Waals surface area contributed by atoms with Crippen LogP contribution in [-0.4, -0.2) is 17.8 Å². The van der Waals surface area contributed by atoms with Gasteiger partial charge in [0, 0.05) is 11.5 Å². The van der Waals surface area contributed by atoms with Crippen molar-refractivity contribution in [3.8, 4) is 0 Å². The van der Waals surface area contributed by atoms with Crippen LogP contribution in [0.3, 0.4) is 0 Å². The summed E-state index contributed by atoms with van der Waals surface area (Å²) in [5.74, 6) is 1.67. The van der Waals surface area contributed by atoms with E-state index in [9.17, 15) is 0 Å². The molecule has 1 aliphatic heterocycles. The van der Waals surface area contributed by atoms with E-state index in [4.69, 9.17) is 7.85 Å². The summed E-state index contributed by atoms with van der Waals surface area (Å²) in [5, 5.41) is 3.58. The van der Waals surface area contributed by atoms with E-state index in [1.165, 1.54) is 5.56 Å². The lowest BCUT2D eigenvalue weighted by Gasteiger charge is -2.36. The standard InChI is InChI=1S/C17H16BN3/c1-10-16(18)20-15-13-9-5-8-12(13)14(21-17(15)19-10)11-6-3-2-4-7-11/h2-7,9,12-14H,8H2,1H3,(H,19,21). The first-order valence-electron chi connectivity index (χ1n) is 7.36. The van der Waals surface area contributed by atoms with Crippen molar-refractivity contribution in [3.63, 3.8) is 0 Å². The van der Waals surface area contributed by atoms with Gasteiger partial charge in [0.05, 0.1) is 17.4 Å². The summed E-state index contributed by atoms with van der Waals surface area (Å²) >= 11 is 0. The minimum atomic E-state index is 0.274. The van der Waals surface area contributed by atoms with Gasteiger partial charge in [-0.1, -0.05) is 42.5 Å². The van der Waals surface area contributed by atoms with Crippen LogP contribution in [0.4, 0.5) is 5.82 Å². The Morgan fingerprint density at radius 3 is 2.81 bits per heavy atom. The molecule has 1 aliphatic carbocycles. The summed E-state index contributed by atoms with van der Waals surface area (Å²) in [7, 11) is 5.95. The predicted molar refractivity (Wildman–Crippen MR) is 85.0 cm³/mol. The molecule has 102 valence electrons. The number of aryl methyl sites for hydroxylation is 1. The number of fused-ring (bicyclic) bond motifs is 3. The first kappa shape index (κ1) is 12.6. The van der Waals surface area contributed by atoms with Gasteiger partial charge in [-0.25, -0.2) is 4.98 Å². The molecular formula is C17H16BN3. The van der Waals surface area contributed by atoms with Crippen LogP contribution < -0.4 is 10.9 Å². The quantitative estimate of drug-likeness (QED) is 0.640. The van der Waals surface area contributed by atoms with Gasteiger partial charge in [0.15, 0.2) is 0 Å². The van der Waals surface area contributed by atoms with E-state index < -0.39 is 0 Å². The number of anilines is 1. The smallest absolute Gasteiger partial charge is 0.149 e. The molecule has 0 fully saturated rings. The van der Waals surface area contributed by atoms with E-state index in [-0.39, 0.29) is 6.04 Å². The number of benzene rings is 1. The number of allylic oxidation sites excluding steroid dienone is 2. The Morgan fingerprint density at radius 1 is 1.19 bits per heavy atom. The molecule has 1 aromatic heterocycles. The summed E-state index contributed by atoms with van der Waals surface area (Å²) in [4.78, 5) is 9.20. The molecule has 4 rings (SSSR count). The largest absolute Gasteiger partial charge is 0.361 e. The Bertz CT molecular complexity index is 711. The minimum Gasteiger partial charge on any atom is -0.361 e. The summed E-state index contributed by atoms with van der Waals surface area (Å²) in [6.45, 7) is 1.90. The first-order valence-corrected chi connectivity index (χ1v) is 7.36. The van der Waals surface area contributed by atoms with Gasteiger partial charge in [-0.15, -0.1) is 0 Å². The fourth-order valence-corrected chi connectivity index (χ4v) is 3.44. The topological polar surface area (TPSA) is 37.8 Å². The minimum absolute atomic E-state index is 0.274. The number of hydrogen-bond acceptors (Lipinski definition) is 3. The molecule has 4 heteroatoms. The predicted octanol–water partition coefficient (Wildman–Crippen LogP) is 2.41. The third kappa shape index (κ3) is 1.97. The summed E-state index contributed by atoms with van der Waals surface area (Å²) in [6, 6.07) is 10.9. The van der Waals surface area contributed by atoms with Gasteiger partial charge >= 0.3 is 0 Å². The number of nitrogens with zero attached hydrogens (tertiary/aromatic N) is 2. The van der Waals surface area contributed by atoms with E-state index in [2.05, 4.69) is 57.8 Å². The molecule has 0 spiro atoms. The summed E-state index contributed by atoms with van der Waals surface area (Å²) in [6.07, 6.45) is 5.57. The van der Waals surface area contributed by atoms with E-state index in [0.29, 0.717) is 17.4 Å². The maximum Gasteiger partial charge on any atom is 0.149 e. The highest BCUT2D eigenvalue weighted by atomic mass is 15.1. The van der Waals surface area contributed by atoms with Gasteiger partial charge in [0.25, 0.3) is 0 Å². The van der Waals surface area contributed by atoms with Crippen molar-refractivity contribution in [2.24, 2.45) is 5.92 Å². The fourth-order valence-electron chi connectivity index (χ4n) is 3.44. The molecule has 0 saturated carbocycles. The molecule has 2 heterocycles. The summed E-state index contributed by atoms with van der Waals surface area (Å²) < 4.78 is 0. The first-order chi connectivity index (χ1) is 10.2. The van der Waals surface area contributed by atoms with Crippen LogP contribution in [-0.2, 0) is 0 Å². The second-order valence-electron chi connectivity index (χ2n) is 5.81. The van der Waals surface area contributed by atoms with Gasteiger partial charge < -0.3 is 5.32 Å².